The van der Waals surface area contributed by atoms with E-state index in [9.17, 15) is 9.59 Å². The molecule has 2 fully saturated rings. The predicted molar refractivity (Wildman–Crippen MR) is 96.9 cm³/mol. The van der Waals surface area contributed by atoms with Crippen molar-refractivity contribution in [2.45, 2.75) is 57.4 Å². The van der Waals surface area contributed by atoms with Crippen LogP contribution in [0.25, 0.3) is 0 Å². The van der Waals surface area contributed by atoms with E-state index in [0.29, 0.717) is 6.54 Å². The second-order valence-electron chi connectivity index (χ2n) is 7.36. The number of nitrogens with zero attached hydrogens (tertiary/aromatic N) is 3. The van der Waals surface area contributed by atoms with Crippen molar-refractivity contribution < 1.29 is 9.59 Å². The zero-order chi connectivity index (χ0) is 17.6. The van der Waals surface area contributed by atoms with Crippen LogP contribution in [-0.2, 0) is 16.0 Å². The number of amides is 2. The monoisotopic (exact) mass is 343 g/mol. The molecule has 25 heavy (non-hydrogen) atoms. The predicted octanol–water partition coefficient (Wildman–Crippen LogP) is 2.65. The lowest BCUT2D eigenvalue weighted by molar-refractivity contribution is -0.146. The summed E-state index contributed by atoms with van der Waals surface area (Å²) < 4.78 is 0. The van der Waals surface area contributed by atoms with Crippen molar-refractivity contribution >= 4 is 11.8 Å². The van der Waals surface area contributed by atoms with Gasteiger partial charge in [-0.3, -0.25) is 14.6 Å². The quantitative estimate of drug-likeness (QED) is 0.826. The number of likely N-dealkylation sites (N-methyl/N-ethyl adjacent to an activating group) is 1. The molecular formula is C20H29N3O2. The van der Waals surface area contributed by atoms with E-state index < -0.39 is 0 Å². The number of hydrogen-bond donors (Lipinski definition) is 0. The van der Waals surface area contributed by atoms with Crippen LogP contribution in [0.1, 0.15) is 50.6 Å². The zero-order valence-corrected chi connectivity index (χ0v) is 15.2. The van der Waals surface area contributed by atoms with E-state index in [4.69, 9.17) is 0 Å². The van der Waals surface area contributed by atoms with E-state index in [0.717, 1.165) is 57.2 Å². The van der Waals surface area contributed by atoms with E-state index in [-0.39, 0.29) is 23.8 Å². The van der Waals surface area contributed by atoms with Crippen LogP contribution < -0.4 is 0 Å². The van der Waals surface area contributed by atoms with Crippen LogP contribution >= 0.6 is 0 Å². The van der Waals surface area contributed by atoms with E-state index in [1.807, 2.05) is 30.1 Å². The molecular weight excluding hydrogens is 314 g/mol. The molecule has 5 nitrogen and oxygen atoms in total. The van der Waals surface area contributed by atoms with Gasteiger partial charge in [-0.2, -0.15) is 0 Å². The third kappa shape index (κ3) is 4.39. The first-order valence-corrected chi connectivity index (χ1v) is 9.62. The van der Waals surface area contributed by atoms with Gasteiger partial charge in [0.15, 0.2) is 0 Å². The third-order valence-electron chi connectivity index (χ3n) is 5.58. The van der Waals surface area contributed by atoms with Crippen LogP contribution in [0.4, 0.5) is 0 Å². The Balaban J connectivity index is 1.56. The number of hydrogen-bond acceptors (Lipinski definition) is 3. The molecule has 0 aromatic carbocycles. The molecule has 1 saturated heterocycles. The van der Waals surface area contributed by atoms with Crippen LogP contribution in [0.15, 0.2) is 24.4 Å². The second kappa shape index (κ2) is 8.45. The van der Waals surface area contributed by atoms with Gasteiger partial charge < -0.3 is 9.80 Å². The molecule has 136 valence electrons. The van der Waals surface area contributed by atoms with E-state index in [1.165, 1.54) is 6.42 Å². The molecule has 1 saturated carbocycles. The van der Waals surface area contributed by atoms with Gasteiger partial charge in [-0.1, -0.05) is 25.3 Å². The van der Waals surface area contributed by atoms with Gasteiger partial charge in [0.25, 0.3) is 0 Å². The van der Waals surface area contributed by atoms with Crippen molar-refractivity contribution in [2.24, 2.45) is 5.92 Å². The van der Waals surface area contributed by atoms with Crippen molar-refractivity contribution in [3.05, 3.63) is 30.1 Å². The lowest BCUT2D eigenvalue weighted by Crippen LogP contribution is -2.49. The summed E-state index contributed by atoms with van der Waals surface area (Å²) in [7, 11) is 1.84. The van der Waals surface area contributed by atoms with Gasteiger partial charge in [0, 0.05) is 44.4 Å². The minimum atomic E-state index is -0.261. The molecule has 0 radical (unpaired) electrons. The van der Waals surface area contributed by atoms with Crippen LogP contribution in [0.3, 0.4) is 0 Å². The van der Waals surface area contributed by atoms with Crippen LogP contribution in [0.2, 0.25) is 0 Å². The van der Waals surface area contributed by atoms with Gasteiger partial charge in [0.05, 0.1) is 0 Å². The standard InChI is InChI=1S/C20H29N3O2/c1-22(15-12-17-10-5-6-13-21-17)20(25)18-11-7-14-23(18)19(24)16-8-3-2-4-9-16/h5-6,10,13,16,18H,2-4,7-9,11-12,14-15H2,1H3. The van der Waals surface area contributed by atoms with E-state index in [1.54, 1.807) is 11.1 Å². The van der Waals surface area contributed by atoms with Gasteiger partial charge in [-0.05, 0) is 37.8 Å². The van der Waals surface area contributed by atoms with Crippen molar-refractivity contribution in [3.63, 3.8) is 0 Å². The second-order valence-corrected chi connectivity index (χ2v) is 7.36. The van der Waals surface area contributed by atoms with Crippen LogP contribution in [-0.4, -0.2) is 52.8 Å². The largest absolute Gasteiger partial charge is 0.344 e. The Bertz CT molecular complexity index is 584. The molecule has 1 atom stereocenters. The van der Waals surface area contributed by atoms with Gasteiger partial charge in [0.1, 0.15) is 6.04 Å². The average Bonchev–Trinajstić information content (AvgIpc) is 3.16. The Hall–Kier alpha value is -1.91. The highest BCUT2D eigenvalue weighted by Gasteiger charge is 2.38. The first-order valence-electron chi connectivity index (χ1n) is 9.62. The summed E-state index contributed by atoms with van der Waals surface area (Å²) in [4.78, 5) is 33.7. The number of carbonyl (C=O) groups is 2. The summed E-state index contributed by atoms with van der Waals surface area (Å²) in [5, 5.41) is 0. The Labute approximate surface area is 150 Å². The minimum Gasteiger partial charge on any atom is -0.344 e. The maximum absolute atomic E-state index is 12.9. The molecule has 3 rings (SSSR count). The first kappa shape index (κ1) is 17.9. The number of rotatable bonds is 5. The number of pyridine rings is 1. The highest BCUT2D eigenvalue weighted by molar-refractivity contribution is 5.89. The van der Waals surface area contributed by atoms with Crippen molar-refractivity contribution in [2.75, 3.05) is 20.1 Å². The lowest BCUT2D eigenvalue weighted by atomic mass is 9.88. The fourth-order valence-corrected chi connectivity index (χ4v) is 4.06. The maximum atomic E-state index is 12.9. The normalized spacial score (nSPS) is 21.3. The van der Waals surface area contributed by atoms with E-state index in [2.05, 4.69) is 4.98 Å². The Morgan fingerprint density at radius 3 is 2.68 bits per heavy atom. The van der Waals surface area contributed by atoms with Gasteiger partial charge in [-0.25, -0.2) is 0 Å². The average molecular weight is 343 g/mol. The van der Waals surface area contributed by atoms with Crippen LogP contribution in [0, 0.1) is 5.92 Å². The Kier molecular flexibility index (Phi) is 6.05. The van der Waals surface area contributed by atoms with Gasteiger partial charge >= 0.3 is 0 Å². The summed E-state index contributed by atoms with van der Waals surface area (Å²) in [5.74, 6) is 0.437. The minimum absolute atomic E-state index is 0.0811. The fraction of sp³-hybridized carbons (Fsp3) is 0.650. The highest BCUT2D eigenvalue weighted by Crippen LogP contribution is 2.29. The zero-order valence-electron chi connectivity index (χ0n) is 15.2. The van der Waals surface area contributed by atoms with Crippen molar-refractivity contribution in [3.8, 4) is 0 Å². The molecule has 1 aliphatic carbocycles. The first-order chi connectivity index (χ1) is 12.2. The number of aromatic nitrogens is 1. The molecule has 0 bridgehead atoms. The van der Waals surface area contributed by atoms with Gasteiger partial charge in [0.2, 0.25) is 11.8 Å². The molecule has 1 aromatic rings. The molecule has 2 amide bonds. The molecule has 2 aliphatic rings. The Morgan fingerprint density at radius 2 is 1.96 bits per heavy atom. The Morgan fingerprint density at radius 1 is 1.16 bits per heavy atom. The smallest absolute Gasteiger partial charge is 0.245 e. The summed E-state index contributed by atoms with van der Waals surface area (Å²) in [6.07, 6.45) is 9.76. The fourth-order valence-electron chi connectivity index (χ4n) is 4.06. The molecule has 1 aliphatic heterocycles. The van der Waals surface area contributed by atoms with Crippen LogP contribution in [0.5, 0.6) is 0 Å². The summed E-state index contributed by atoms with van der Waals surface area (Å²) in [6.45, 7) is 1.37. The molecule has 0 N–H and O–H groups in total. The SMILES string of the molecule is CN(CCc1ccccn1)C(=O)C1CCCN1C(=O)C1CCCCC1. The van der Waals surface area contributed by atoms with E-state index >= 15 is 0 Å². The van der Waals surface area contributed by atoms with Crippen molar-refractivity contribution in [1.29, 1.82) is 0 Å². The summed E-state index contributed by atoms with van der Waals surface area (Å²) >= 11 is 0. The lowest BCUT2D eigenvalue weighted by Gasteiger charge is -2.32. The molecule has 5 heteroatoms. The summed E-state index contributed by atoms with van der Waals surface area (Å²) in [6, 6.07) is 5.58. The molecule has 1 unspecified atom stereocenters. The topological polar surface area (TPSA) is 53.5 Å². The number of likely N-dealkylation sites (tertiary alicyclic amines) is 1. The molecule has 2 heterocycles. The molecule has 1 aromatic heterocycles. The highest BCUT2D eigenvalue weighted by atomic mass is 16.2. The van der Waals surface area contributed by atoms with Gasteiger partial charge in [-0.15, -0.1) is 0 Å². The van der Waals surface area contributed by atoms with Crippen molar-refractivity contribution in [1.82, 2.24) is 14.8 Å². The molecule has 0 spiro atoms. The number of carbonyl (C=O) groups excluding carboxylic acids is 2. The maximum Gasteiger partial charge on any atom is 0.245 e. The summed E-state index contributed by atoms with van der Waals surface area (Å²) in [5.41, 5.74) is 0.990. The third-order valence-corrected chi connectivity index (χ3v) is 5.58.